The Balaban J connectivity index is 2.23. The molecule has 0 aliphatic heterocycles. The second-order valence-corrected chi connectivity index (χ2v) is 5.08. The fourth-order valence-corrected chi connectivity index (χ4v) is 2.18. The molecule has 0 spiro atoms. The molecule has 1 aromatic heterocycles. The van der Waals surface area contributed by atoms with Crippen molar-refractivity contribution in [3.63, 3.8) is 0 Å². The predicted molar refractivity (Wildman–Crippen MR) is 94.9 cm³/mol. The zero-order chi connectivity index (χ0) is 18.2. The van der Waals surface area contributed by atoms with E-state index in [9.17, 15) is 4.79 Å². The van der Waals surface area contributed by atoms with Crippen molar-refractivity contribution in [1.29, 1.82) is 0 Å². The van der Waals surface area contributed by atoms with E-state index >= 15 is 0 Å². The van der Waals surface area contributed by atoms with Gasteiger partial charge in [-0.2, -0.15) is 0 Å². The van der Waals surface area contributed by atoms with Crippen molar-refractivity contribution in [2.75, 3.05) is 38.5 Å². The summed E-state index contributed by atoms with van der Waals surface area (Å²) in [5.41, 5.74) is 0.753. The average Bonchev–Trinajstić information content (AvgIpc) is 2.65. The van der Waals surface area contributed by atoms with Gasteiger partial charge < -0.3 is 24.8 Å². The monoisotopic (exact) mass is 346 g/mol. The lowest BCUT2D eigenvalue weighted by molar-refractivity contribution is 0.102. The lowest BCUT2D eigenvalue weighted by atomic mass is 10.2. The van der Waals surface area contributed by atoms with E-state index in [-0.39, 0.29) is 11.6 Å². The second-order valence-electron chi connectivity index (χ2n) is 5.08. The highest BCUT2D eigenvalue weighted by Gasteiger charge is 2.16. The Labute approximate surface area is 146 Å². The van der Waals surface area contributed by atoms with Crippen LogP contribution in [0.15, 0.2) is 24.5 Å². The molecule has 0 atom stereocenters. The molecule has 1 heterocycles. The van der Waals surface area contributed by atoms with Gasteiger partial charge in [-0.15, -0.1) is 0 Å². The number of amides is 1. The van der Waals surface area contributed by atoms with Gasteiger partial charge in [0.25, 0.3) is 5.91 Å². The van der Waals surface area contributed by atoms with E-state index < -0.39 is 0 Å². The normalized spacial score (nSPS) is 10.1. The van der Waals surface area contributed by atoms with Crippen LogP contribution in [0.25, 0.3) is 0 Å². The summed E-state index contributed by atoms with van der Waals surface area (Å²) in [7, 11) is 4.54. The first-order chi connectivity index (χ1) is 12.1. The minimum Gasteiger partial charge on any atom is -0.493 e. The van der Waals surface area contributed by atoms with Gasteiger partial charge in [0.1, 0.15) is 17.8 Å². The van der Waals surface area contributed by atoms with Crippen LogP contribution in [0.5, 0.6) is 17.2 Å². The molecule has 0 unspecified atom stereocenters. The molecule has 0 saturated carbocycles. The zero-order valence-electron chi connectivity index (χ0n) is 14.8. The standard InChI is InChI=1S/C17H22N4O4/c1-5-6-18-15-9-12(19-10-20-15)17(22)21-11-7-13(23-2)16(25-4)14(8-11)24-3/h7-10H,5-6H2,1-4H3,(H,21,22)(H,18,19,20). The van der Waals surface area contributed by atoms with E-state index in [0.29, 0.717) is 28.8 Å². The van der Waals surface area contributed by atoms with Gasteiger partial charge in [0, 0.05) is 30.4 Å². The van der Waals surface area contributed by atoms with Crippen LogP contribution in [0, 0.1) is 0 Å². The number of nitrogens with zero attached hydrogens (tertiary/aromatic N) is 2. The van der Waals surface area contributed by atoms with Crippen molar-refractivity contribution < 1.29 is 19.0 Å². The molecule has 0 aliphatic carbocycles. The number of hydrogen-bond acceptors (Lipinski definition) is 7. The van der Waals surface area contributed by atoms with Crippen LogP contribution in [0.3, 0.4) is 0 Å². The quantitative estimate of drug-likeness (QED) is 0.758. The summed E-state index contributed by atoms with van der Waals surface area (Å²) in [6.07, 6.45) is 2.30. The molecule has 8 nitrogen and oxygen atoms in total. The number of carbonyl (C=O) groups is 1. The average molecular weight is 346 g/mol. The molecule has 0 fully saturated rings. The molecule has 134 valence electrons. The topological polar surface area (TPSA) is 94.6 Å². The van der Waals surface area contributed by atoms with E-state index in [2.05, 4.69) is 20.6 Å². The predicted octanol–water partition coefficient (Wildman–Crippen LogP) is 2.58. The molecule has 25 heavy (non-hydrogen) atoms. The SMILES string of the molecule is CCCNc1cc(C(=O)Nc2cc(OC)c(OC)c(OC)c2)ncn1. The summed E-state index contributed by atoms with van der Waals surface area (Å²) >= 11 is 0. The van der Waals surface area contributed by atoms with E-state index in [4.69, 9.17) is 14.2 Å². The summed E-state index contributed by atoms with van der Waals surface area (Å²) in [5, 5.41) is 5.89. The molecule has 8 heteroatoms. The van der Waals surface area contributed by atoms with Crippen molar-refractivity contribution in [2.24, 2.45) is 0 Å². The molecule has 0 saturated heterocycles. The molecule has 2 N–H and O–H groups in total. The van der Waals surface area contributed by atoms with Crippen molar-refractivity contribution in [1.82, 2.24) is 9.97 Å². The van der Waals surface area contributed by atoms with E-state index in [1.165, 1.54) is 27.7 Å². The summed E-state index contributed by atoms with van der Waals surface area (Å²) < 4.78 is 15.8. The highest BCUT2D eigenvalue weighted by atomic mass is 16.5. The minimum atomic E-state index is -0.365. The Hall–Kier alpha value is -3.03. The number of carbonyl (C=O) groups excluding carboxylic acids is 1. The third kappa shape index (κ3) is 4.50. The summed E-state index contributed by atoms with van der Waals surface area (Å²) in [6.45, 7) is 2.82. The van der Waals surface area contributed by atoms with Gasteiger partial charge in [-0.05, 0) is 6.42 Å². The fourth-order valence-electron chi connectivity index (χ4n) is 2.18. The molecular formula is C17H22N4O4. The zero-order valence-corrected chi connectivity index (χ0v) is 14.8. The van der Waals surface area contributed by atoms with Crippen LogP contribution in [0.2, 0.25) is 0 Å². The van der Waals surface area contributed by atoms with Crippen molar-refractivity contribution in [2.45, 2.75) is 13.3 Å². The number of anilines is 2. The number of aromatic nitrogens is 2. The third-order valence-corrected chi connectivity index (χ3v) is 3.38. The number of ether oxygens (including phenoxy) is 3. The van der Waals surface area contributed by atoms with Crippen LogP contribution in [-0.2, 0) is 0 Å². The summed E-state index contributed by atoms with van der Waals surface area (Å²) in [4.78, 5) is 20.5. The molecule has 1 aromatic carbocycles. The van der Waals surface area contributed by atoms with Crippen LogP contribution < -0.4 is 24.8 Å². The fraction of sp³-hybridized carbons (Fsp3) is 0.353. The van der Waals surface area contributed by atoms with E-state index in [1.807, 2.05) is 6.92 Å². The molecule has 0 radical (unpaired) electrons. The maximum absolute atomic E-state index is 12.5. The Kier molecular flexibility index (Phi) is 6.39. The Morgan fingerprint density at radius 1 is 1.04 bits per heavy atom. The van der Waals surface area contributed by atoms with Crippen molar-refractivity contribution in [3.05, 3.63) is 30.2 Å². The highest BCUT2D eigenvalue weighted by molar-refractivity contribution is 6.03. The second kappa shape index (κ2) is 8.72. The van der Waals surface area contributed by atoms with Gasteiger partial charge in [0.05, 0.1) is 21.3 Å². The van der Waals surface area contributed by atoms with Crippen LogP contribution in [-0.4, -0.2) is 43.7 Å². The van der Waals surface area contributed by atoms with Crippen molar-refractivity contribution in [3.8, 4) is 17.2 Å². The molecule has 0 bridgehead atoms. The Bertz CT molecular complexity index is 711. The van der Waals surface area contributed by atoms with Crippen LogP contribution in [0.1, 0.15) is 23.8 Å². The smallest absolute Gasteiger partial charge is 0.274 e. The third-order valence-electron chi connectivity index (χ3n) is 3.38. The van der Waals surface area contributed by atoms with Gasteiger partial charge in [-0.25, -0.2) is 9.97 Å². The van der Waals surface area contributed by atoms with Gasteiger partial charge in [0.15, 0.2) is 11.5 Å². The molecule has 1 amide bonds. The Morgan fingerprint density at radius 3 is 2.28 bits per heavy atom. The summed E-state index contributed by atoms with van der Waals surface area (Å²) in [5.74, 6) is 1.59. The lowest BCUT2D eigenvalue weighted by Gasteiger charge is -2.14. The number of methoxy groups -OCH3 is 3. The van der Waals surface area contributed by atoms with Gasteiger partial charge in [0.2, 0.25) is 5.75 Å². The minimum absolute atomic E-state index is 0.252. The lowest BCUT2D eigenvalue weighted by Crippen LogP contribution is -2.15. The van der Waals surface area contributed by atoms with Crippen LogP contribution in [0.4, 0.5) is 11.5 Å². The van der Waals surface area contributed by atoms with Gasteiger partial charge >= 0.3 is 0 Å². The van der Waals surface area contributed by atoms with Crippen molar-refractivity contribution >= 4 is 17.4 Å². The highest BCUT2D eigenvalue weighted by Crippen LogP contribution is 2.39. The van der Waals surface area contributed by atoms with Gasteiger partial charge in [-0.1, -0.05) is 6.92 Å². The maximum atomic E-state index is 12.5. The molecule has 2 aromatic rings. The largest absolute Gasteiger partial charge is 0.493 e. The molecule has 2 rings (SSSR count). The number of hydrogen-bond donors (Lipinski definition) is 2. The van der Waals surface area contributed by atoms with Crippen LogP contribution >= 0.6 is 0 Å². The maximum Gasteiger partial charge on any atom is 0.274 e. The van der Waals surface area contributed by atoms with E-state index in [1.54, 1.807) is 18.2 Å². The first-order valence-corrected chi connectivity index (χ1v) is 7.80. The summed E-state index contributed by atoms with van der Waals surface area (Å²) in [6, 6.07) is 4.90. The number of benzene rings is 1. The first-order valence-electron chi connectivity index (χ1n) is 7.80. The number of rotatable bonds is 8. The molecule has 0 aliphatic rings. The number of nitrogens with one attached hydrogen (secondary N) is 2. The van der Waals surface area contributed by atoms with E-state index in [0.717, 1.165) is 13.0 Å². The first kappa shape index (κ1) is 18.3. The Morgan fingerprint density at radius 2 is 1.72 bits per heavy atom. The molecular weight excluding hydrogens is 324 g/mol. The van der Waals surface area contributed by atoms with Gasteiger partial charge in [-0.3, -0.25) is 4.79 Å².